The number of likely N-dealkylation sites (tertiary alicyclic amines) is 1. The second-order valence-corrected chi connectivity index (χ2v) is 7.60. The van der Waals surface area contributed by atoms with Crippen molar-refractivity contribution >= 4 is 34.4 Å². The summed E-state index contributed by atoms with van der Waals surface area (Å²) in [6.45, 7) is 2.83. The highest BCUT2D eigenvalue weighted by Crippen LogP contribution is 2.19. The van der Waals surface area contributed by atoms with Gasteiger partial charge in [-0.15, -0.1) is 0 Å². The quantitative estimate of drug-likeness (QED) is 0.669. The van der Waals surface area contributed by atoms with Crippen molar-refractivity contribution in [2.75, 3.05) is 25.0 Å². The molecule has 0 radical (unpaired) electrons. The highest BCUT2D eigenvalue weighted by Gasteiger charge is 2.23. The largest absolute Gasteiger partial charge is 0.445 e. The molecule has 1 amide bonds. The van der Waals surface area contributed by atoms with Gasteiger partial charge in [0.1, 0.15) is 6.61 Å². The number of carbonyl (C=O) groups is 1. The van der Waals surface area contributed by atoms with Crippen LogP contribution in [0.2, 0.25) is 0 Å². The van der Waals surface area contributed by atoms with Gasteiger partial charge in [0.05, 0.1) is 0 Å². The first-order valence-electron chi connectivity index (χ1n) is 8.66. The van der Waals surface area contributed by atoms with Crippen molar-refractivity contribution in [1.82, 2.24) is 4.90 Å². The Balaban J connectivity index is 1.37. The van der Waals surface area contributed by atoms with E-state index in [-0.39, 0.29) is 6.09 Å². The highest BCUT2D eigenvalue weighted by atomic mass is 127. The molecule has 132 valence electrons. The number of nitrogens with zero attached hydrogens (tertiary/aromatic N) is 1. The molecule has 2 aromatic carbocycles. The minimum atomic E-state index is -0.201. The minimum absolute atomic E-state index is 0.201. The summed E-state index contributed by atoms with van der Waals surface area (Å²) in [4.78, 5) is 14.0. The molecule has 2 aromatic rings. The number of hydrogen-bond acceptors (Lipinski definition) is 3. The van der Waals surface area contributed by atoms with Crippen molar-refractivity contribution in [3.8, 4) is 0 Å². The number of nitrogens with one attached hydrogen (secondary N) is 1. The van der Waals surface area contributed by atoms with Crippen LogP contribution in [0.3, 0.4) is 0 Å². The van der Waals surface area contributed by atoms with Crippen LogP contribution in [0, 0.1) is 9.49 Å². The number of benzene rings is 2. The van der Waals surface area contributed by atoms with Crippen LogP contribution in [0.25, 0.3) is 0 Å². The molecule has 0 saturated carbocycles. The molecule has 1 aliphatic heterocycles. The predicted octanol–water partition coefficient (Wildman–Crippen LogP) is 4.75. The van der Waals surface area contributed by atoms with E-state index in [4.69, 9.17) is 4.74 Å². The predicted molar refractivity (Wildman–Crippen MR) is 109 cm³/mol. The van der Waals surface area contributed by atoms with Crippen LogP contribution in [-0.2, 0) is 11.3 Å². The summed E-state index contributed by atoms with van der Waals surface area (Å²) in [5, 5.41) is 3.49. The lowest BCUT2D eigenvalue weighted by Crippen LogP contribution is -2.40. The summed E-state index contributed by atoms with van der Waals surface area (Å²) in [7, 11) is 0. The van der Waals surface area contributed by atoms with Gasteiger partial charge in [0.2, 0.25) is 0 Å². The van der Waals surface area contributed by atoms with Crippen molar-refractivity contribution in [1.29, 1.82) is 0 Å². The Morgan fingerprint density at radius 3 is 2.44 bits per heavy atom. The van der Waals surface area contributed by atoms with E-state index in [2.05, 4.69) is 52.2 Å². The fraction of sp³-hybridized carbons (Fsp3) is 0.350. The van der Waals surface area contributed by atoms with E-state index in [1.165, 1.54) is 3.57 Å². The van der Waals surface area contributed by atoms with Crippen LogP contribution >= 0.6 is 22.6 Å². The third-order valence-corrected chi connectivity index (χ3v) is 5.24. The number of carbonyl (C=O) groups excluding carboxylic acids is 1. The normalized spacial score (nSPS) is 15.0. The maximum Gasteiger partial charge on any atom is 0.410 e. The van der Waals surface area contributed by atoms with Gasteiger partial charge >= 0.3 is 6.09 Å². The lowest BCUT2D eigenvalue weighted by molar-refractivity contribution is 0.0832. The number of rotatable bonds is 5. The molecule has 0 unspecified atom stereocenters. The first kappa shape index (κ1) is 18.0. The van der Waals surface area contributed by atoms with E-state index >= 15 is 0 Å². The zero-order valence-corrected chi connectivity index (χ0v) is 16.3. The van der Waals surface area contributed by atoms with Crippen molar-refractivity contribution in [2.24, 2.45) is 5.92 Å². The Morgan fingerprint density at radius 1 is 1.08 bits per heavy atom. The first-order chi connectivity index (χ1) is 12.2. The molecule has 0 spiro atoms. The van der Waals surface area contributed by atoms with Crippen molar-refractivity contribution in [3.63, 3.8) is 0 Å². The number of ether oxygens (including phenoxy) is 1. The van der Waals surface area contributed by atoms with E-state index < -0.39 is 0 Å². The summed E-state index contributed by atoms with van der Waals surface area (Å²) in [6.07, 6.45) is 1.82. The van der Waals surface area contributed by atoms with Gasteiger partial charge < -0.3 is 15.0 Å². The average Bonchev–Trinajstić information content (AvgIpc) is 2.67. The smallest absolute Gasteiger partial charge is 0.410 e. The number of halogens is 1. The molecule has 0 bridgehead atoms. The van der Waals surface area contributed by atoms with Crippen LogP contribution in [0.4, 0.5) is 10.5 Å². The average molecular weight is 450 g/mol. The van der Waals surface area contributed by atoms with Gasteiger partial charge in [0.25, 0.3) is 0 Å². The molecule has 4 nitrogen and oxygen atoms in total. The van der Waals surface area contributed by atoms with Gasteiger partial charge in [0, 0.05) is 28.9 Å². The minimum Gasteiger partial charge on any atom is -0.445 e. The van der Waals surface area contributed by atoms with Crippen molar-refractivity contribution in [3.05, 3.63) is 63.7 Å². The van der Waals surface area contributed by atoms with Gasteiger partial charge in [-0.05, 0) is 71.2 Å². The molecule has 1 heterocycles. The van der Waals surface area contributed by atoms with Crippen LogP contribution in [0.5, 0.6) is 0 Å². The van der Waals surface area contributed by atoms with E-state index in [0.717, 1.165) is 43.7 Å². The summed E-state index contributed by atoms with van der Waals surface area (Å²) in [5.41, 5.74) is 2.18. The number of amides is 1. The fourth-order valence-electron chi connectivity index (χ4n) is 2.96. The second kappa shape index (κ2) is 9.08. The molecule has 1 saturated heterocycles. The summed E-state index contributed by atoms with van der Waals surface area (Å²) in [6, 6.07) is 18.2. The van der Waals surface area contributed by atoms with E-state index in [1.54, 1.807) is 0 Å². The summed E-state index contributed by atoms with van der Waals surface area (Å²) in [5.74, 6) is 0.595. The van der Waals surface area contributed by atoms with Crippen LogP contribution in [0.1, 0.15) is 18.4 Å². The Kier molecular flexibility index (Phi) is 6.55. The molecule has 0 aromatic heterocycles. The van der Waals surface area contributed by atoms with Crippen LogP contribution in [0.15, 0.2) is 54.6 Å². The topological polar surface area (TPSA) is 41.6 Å². The van der Waals surface area contributed by atoms with Gasteiger partial charge in [0.15, 0.2) is 0 Å². The molecular weight excluding hydrogens is 427 g/mol. The molecule has 1 fully saturated rings. The maximum absolute atomic E-state index is 12.2. The van der Waals surface area contributed by atoms with Crippen LogP contribution in [-0.4, -0.2) is 30.6 Å². The highest BCUT2D eigenvalue weighted by molar-refractivity contribution is 14.1. The standard InChI is InChI=1S/C20H23IN2O2/c21-18-6-8-19(9-7-18)22-14-16-10-12-23(13-11-16)20(24)25-15-17-4-2-1-3-5-17/h1-9,16,22H,10-15H2. The lowest BCUT2D eigenvalue weighted by Gasteiger charge is -2.31. The zero-order chi connectivity index (χ0) is 17.5. The number of piperidine rings is 1. The first-order valence-corrected chi connectivity index (χ1v) is 9.73. The van der Waals surface area contributed by atoms with Crippen molar-refractivity contribution in [2.45, 2.75) is 19.4 Å². The Bertz CT molecular complexity index is 668. The molecule has 25 heavy (non-hydrogen) atoms. The molecule has 3 rings (SSSR count). The monoisotopic (exact) mass is 450 g/mol. The second-order valence-electron chi connectivity index (χ2n) is 6.36. The Morgan fingerprint density at radius 2 is 1.76 bits per heavy atom. The molecule has 0 aliphatic carbocycles. The molecule has 5 heteroatoms. The zero-order valence-electron chi connectivity index (χ0n) is 14.2. The van der Waals surface area contributed by atoms with Gasteiger partial charge in [-0.1, -0.05) is 30.3 Å². The third kappa shape index (κ3) is 5.63. The maximum atomic E-state index is 12.2. The fourth-order valence-corrected chi connectivity index (χ4v) is 3.32. The van der Waals surface area contributed by atoms with Crippen molar-refractivity contribution < 1.29 is 9.53 Å². The van der Waals surface area contributed by atoms with Gasteiger partial charge in [-0.2, -0.15) is 0 Å². The Labute approximate surface area is 162 Å². The van der Waals surface area contributed by atoms with Gasteiger partial charge in [-0.25, -0.2) is 4.79 Å². The molecule has 1 N–H and O–H groups in total. The molecule has 1 aliphatic rings. The number of hydrogen-bond donors (Lipinski definition) is 1. The third-order valence-electron chi connectivity index (χ3n) is 4.52. The van der Waals surface area contributed by atoms with Gasteiger partial charge in [-0.3, -0.25) is 0 Å². The van der Waals surface area contributed by atoms with E-state index in [1.807, 2.05) is 35.2 Å². The van der Waals surface area contributed by atoms with Crippen LogP contribution < -0.4 is 5.32 Å². The van der Waals surface area contributed by atoms with E-state index in [0.29, 0.717) is 12.5 Å². The van der Waals surface area contributed by atoms with E-state index in [9.17, 15) is 4.79 Å². The molecule has 0 atom stereocenters. The molecular formula is C20H23IN2O2. The SMILES string of the molecule is O=C(OCc1ccccc1)N1CCC(CNc2ccc(I)cc2)CC1. The summed E-state index contributed by atoms with van der Waals surface area (Å²) < 4.78 is 6.66. The Hall–Kier alpha value is -1.76. The number of anilines is 1. The summed E-state index contributed by atoms with van der Waals surface area (Å²) >= 11 is 2.31. The lowest BCUT2D eigenvalue weighted by atomic mass is 9.97.